The lowest BCUT2D eigenvalue weighted by Crippen LogP contribution is -2.44. The Morgan fingerprint density at radius 1 is 1.33 bits per heavy atom. The Morgan fingerprint density at radius 3 is 2.20 bits per heavy atom. The van der Waals surface area contributed by atoms with Gasteiger partial charge in [-0.3, -0.25) is 0 Å². The van der Waals surface area contributed by atoms with Crippen molar-refractivity contribution in [2.24, 2.45) is 0 Å². The van der Waals surface area contributed by atoms with Gasteiger partial charge in [0.1, 0.15) is 9.84 Å². The van der Waals surface area contributed by atoms with E-state index in [2.05, 4.69) is 0 Å². The van der Waals surface area contributed by atoms with Crippen molar-refractivity contribution < 1.29 is 18.3 Å². The molecular formula is C10H20O4S. The zero-order valence-electron chi connectivity index (χ0n) is 9.56. The first kappa shape index (κ1) is 12.9. The molecule has 2 unspecified atom stereocenters. The third-order valence-electron chi connectivity index (χ3n) is 2.74. The van der Waals surface area contributed by atoms with Gasteiger partial charge in [0.05, 0.1) is 23.6 Å². The van der Waals surface area contributed by atoms with Crippen molar-refractivity contribution in [3.8, 4) is 0 Å². The summed E-state index contributed by atoms with van der Waals surface area (Å²) < 4.78 is 27.6. The molecule has 0 amide bonds. The highest BCUT2D eigenvalue weighted by molar-refractivity contribution is 7.90. The Morgan fingerprint density at radius 2 is 1.80 bits per heavy atom. The first-order valence-corrected chi connectivity index (χ1v) is 7.32. The molecule has 0 radical (unpaired) electrons. The molecule has 1 saturated heterocycles. The van der Waals surface area contributed by atoms with E-state index in [4.69, 9.17) is 4.74 Å². The summed E-state index contributed by atoms with van der Waals surface area (Å²) in [6, 6.07) is 0. The van der Waals surface area contributed by atoms with Crippen LogP contribution in [0.1, 0.15) is 33.1 Å². The fraction of sp³-hybridized carbons (Fsp3) is 1.00. The van der Waals surface area contributed by atoms with Gasteiger partial charge in [0.15, 0.2) is 0 Å². The molecule has 0 saturated carbocycles. The predicted octanol–water partition coefficient (Wildman–Crippen LogP) is 0.740. The second kappa shape index (κ2) is 4.39. The third-order valence-corrected chi connectivity index (χ3v) is 3.68. The Labute approximate surface area is 91.6 Å². The zero-order valence-corrected chi connectivity index (χ0v) is 10.4. The topological polar surface area (TPSA) is 63.6 Å². The Balaban J connectivity index is 2.58. The molecule has 0 bridgehead atoms. The smallest absolute Gasteiger partial charge is 0.147 e. The summed E-state index contributed by atoms with van der Waals surface area (Å²) in [6.07, 6.45) is 2.54. The van der Waals surface area contributed by atoms with E-state index in [1.165, 1.54) is 6.26 Å². The van der Waals surface area contributed by atoms with Gasteiger partial charge in [0.2, 0.25) is 0 Å². The second-order valence-corrected chi connectivity index (χ2v) is 7.03. The molecule has 0 aromatic carbocycles. The molecule has 1 N–H and O–H groups in total. The third kappa shape index (κ3) is 4.49. The average molecular weight is 236 g/mol. The van der Waals surface area contributed by atoms with Crippen molar-refractivity contribution in [3.63, 3.8) is 0 Å². The number of hydrogen-bond acceptors (Lipinski definition) is 4. The minimum atomic E-state index is -3.00. The van der Waals surface area contributed by atoms with E-state index in [9.17, 15) is 13.5 Å². The zero-order chi connectivity index (χ0) is 11.7. The maximum atomic E-state index is 11.0. The molecule has 2 atom stereocenters. The molecule has 1 aliphatic heterocycles. The summed E-state index contributed by atoms with van der Waals surface area (Å²) in [4.78, 5) is 0. The van der Waals surface area contributed by atoms with Gasteiger partial charge in [0, 0.05) is 19.1 Å². The lowest BCUT2D eigenvalue weighted by molar-refractivity contribution is -0.132. The molecule has 1 aliphatic rings. The van der Waals surface area contributed by atoms with Gasteiger partial charge in [-0.05, 0) is 20.3 Å². The van der Waals surface area contributed by atoms with Crippen LogP contribution in [0.15, 0.2) is 0 Å². The number of rotatable bonds is 3. The van der Waals surface area contributed by atoms with E-state index in [1.54, 1.807) is 0 Å². The number of hydrogen-bond donors (Lipinski definition) is 1. The molecular weight excluding hydrogens is 216 g/mol. The van der Waals surface area contributed by atoms with Crippen LogP contribution in [0.4, 0.5) is 0 Å². The van der Waals surface area contributed by atoms with Crippen LogP contribution >= 0.6 is 0 Å². The van der Waals surface area contributed by atoms with E-state index in [0.29, 0.717) is 19.3 Å². The van der Waals surface area contributed by atoms with Crippen LogP contribution in [0.5, 0.6) is 0 Å². The molecule has 0 aliphatic carbocycles. The van der Waals surface area contributed by atoms with Gasteiger partial charge >= 0.3 is 0 Å². The highest BCUT2D eigenvalue weighted by Crippen LogP contribution is 2.31. The molecule has 1 fully saturated rings. The monoisotopic (exact) mass is 236 g/mol. The van der Waals surface area contributed by atoms with Gasteiger partial charge in [-0.15, -0.1) is 0 Å². The normalized spacial score (nSPS) is 37.9. The van der Waals surface area contributed by atoms with Crippen LogP contribution in [0.2, 0.25) is 0 Å². The SMILES string of the molecule is CC1CC(O)(CCS(C)(=O)=O)CC(C)O1. The van der Waals surface area contributed by atoms with Crippen LogP contribution in [0.25, 0.3) is 0 Å². The van der Waals surface area contributed by atoms with Crippen molar-refractivity contribution in [2.75, 3.05) is 12.0 Å². The van der Waals surface area contributed by atoms with Gasteiger partial charge in [-0.1, -0.05) is 0 Å². The maximum absolute atomic E-state index is 11.0. The molecule has 1 rings (SSSR count). The fourth-order valence-electron chi connectivity index (χ4n) is 2.23. The van der Waals surface area contributed by atoms with Crippen molar-refractivity contribution in [2.45, 2.75) is 50.9 Å². The van der Waals surface area contributed by atoms with Gasteiger partial charge in [-0.2, -0.15) is 0 Å². The highest BCUT2D eigenvalue weighted by Gasteiger charge is 2.36. The Kier molecular flexibility index (Phi) is 3.79. The summed E-state index contributed by atoms with van der Waals surface area (Å²) >= 11 is 0. The van der Waals surface area contributed by atoms with E-state index in [-0.39, 0.29) is 18.0 Å². The fourth-order valence-corrected chi connectivity index (χ4v) is 2.98. The van der Waals surface area contributed by atoms with E-state index in [0.717, 1.165) is 0 Å². The van der Waals surface area contributed by atoms with E-state index >= 15 is 0 Å². The van der Waals surface area contributed by atoms with Crippen LogP contribution in [0, 0.1) is 0 Å². The summed E-state index contributed by atoms with van der Waals surface area (Å²) in [6.45, 7) is 3.81. The predicted molar refractivity (Wildman–Crippen MR) is 58.5 cm³/mol. The molecule has 1 heterocycles. The molecule has 15 heavy (non-hydrogen) atoms. The number of aliphatic hydroxyl groups is 1. The lowest BCUT2D eigenvalue weighted by Gasteiger charge is -2.39. The first-order valence-electron chi connectivity index (χ1n) is 5.26. The van der Waals surface area contributed by atoms with Crippen molar-refractivity contribution >= 4 is 9.84 Å². The van der Waals surface area contributed by atoms with Gasteiger partial charge in [-0.25, -0.2) is 8.42 Å². The summed E-state index contributed by atoms with van der Waals surface area (Å²) in [5, 5.41) is 10.2. The van der Waals surface area contributed by atoms with E-state index < -0.39 is 15.4 Å². The average Bonchev–Trinajstić information content (AvgIpc) is 1.97. The molecule has 0 aromatic rings. The number of ether oxygens (including phenoxy) is 1. The van der Waals surface area contributed by atoms with Crippen molar-refractivity contribution in [1.82, 2.24) is 0 Å². The molecule has 5 heteroatoms. The second-order valence-electron chi connectivity index (χ2n) is 4.77. The first-order chi connectivity index (χ1) is 6.70. The van der Waals surface area contributed by atoms with Crippen LogP contribution in [0.3, 0.4) is 0 Å². The van der Waals surface area contributed by atoms with Crippen molar-refractivity contribution in [3.05, 3.63) is 0 Å². The Hall–Kier alpha value is -0.130. The highest BCUT2D eigenvalue weighted by atomic mass is 32.2. The molecule has 0 spiro atoms. The van der Waals surface area contributed by atoms with Crippen LogP contribution in [-0.2, 0) is 14.6 Å². The molecule has 90 valence electrons. The summed E-state index contributed by atoms with van der Waals surface area (Å²) in [5.74, 6) is 0.0446. The summed E-state index contributed by atoms with van der Waals surface area (Å²) in [5.41, 5.74) is -0.875. The van der Waals surface area contributed by atoms with Crippen LogP contribution < -0.4 is 0 Å². The standard InChI is InChI=1S/C10H20O4S/c1-8-6-10(11,7-9(2)14-8)4-5-15(3,12)13/h8-9,11H,4-7H2,1-3H3. The maximum Gasteiger partial charge on any atom is 0.147 e. The molecule has 0 aromatic heterocycles. The Bertz CT molecular complexity index is 299. The van der Waals surface area contributed by atoms with Gasteiger partial charge < -0.3 is 9.84 Å². The van der Waals surface area contributed by atoms with Gasteiger partial charge in [0.25, 0.3) is 0 Å². The lowest BCUT2D eigenvalue weighted by atomic mass is 9.85. The minimum absolute atomic E-state index is 0.00156. The number of sulfone groups is 1. The van der Waals surface area contributed by atoms with E-state index in [1.807, 2.05) is 13.8 Å². The summed E-state index contributed by atoms with van der Waals surface area (Å²) in [7, 11) is -3.00. The molecule has 4 nitrogen and oxygen atoms in total. The van der Waals surface area contributed by atoms with Crippen LogP contribution in [-0.4, -0.2) is 43.3 Å². The van der Waals surface area contributed by atoms with Crippen molar-refractivity contribution in [1.29, 1.82) is 0 Å². The minimum Gasteiger partial charge on any atom is -0.390 e. The quantitative estimate of drug-likeness (QED) is 0.785. The largest absolute Gasteiger partial charge is 0.390 e.